The second-order valence-corrected chi connectivity index (χ2v) is 9.18. The molecule has 0 atom stereocenters. The van der Waals surface area contributed by atoms with Crippen molar-refractivity contribution in [2.24, 2.45) is 0 Å². The Kier molecular flexibility index (Phi) is 6.43. The van der Waals surface area contributed by atoms with Crippen molar-refractivity contribution in [2.45, 2.75) is 13.0 Å². The smallest absolute Gasteiger partial charge is 0.212 e. The lowest BCUT2D eigenvalue weighted by molar-refractivity contribution is 0.285. The maximum absolute atomic E-state index is 9.49. The average molecular weight is 518 g/mol. The van der Waals surface area contributed by atoms with Crippen molar-refractivity contribution >= 4 is 27.3 Å². The minimum atomic E-state index is 0.547. The second kappa shape index (κ2) is 9.79. The highest BCUT2D eigenvalue weighted by atomic mass is 79.9. The Bertz CT molecular complexity index is 1330. The van der Waals surface area contributed by atoms with Crippen LogP contribution in [0.1, 0.15) is 17.5 Å². The minimum Gasteiger partial charge on any atom is -0.481 e. The zero-order valence-electron chi connectivity index (χ0n) is 18.9. The van der Waals surface area contributed by atoms with Gasteiger partial charge in [0.25, 0.3) is 0 Å². The largest absolute Gasteiger partial charge is 0.481 e. The Morgan fingerprint density at radius 3 is 2.71 bits per heavy atom. The number of methoxy groups -OCH3 is 1. The fraction of sp³-hybridized carbons (Fsp3) is 0.280. The zero-order chi connectivity index (χ0) is 23.5. The third kappa shape index (κ3) is 4.60. The quantitative estimate of drug-likeness (QED) is 0.393. The Hall–Kier alpha value is -3.48. The summed E-state index contributed by atoms with van der Waals surface area (Å²) in [7, 11) is 1.63. The summed E-state index contributed by atoms with van der Waals surface area (Å²) >= 11 is 3.55. The fourth-order valence-electron chi connectivity index (χ4n) is 4.36. The maximum Gasteiger partial charge on any atom is 0.212 e. The summed E-state index contributed by atoms with van der Waals surface area (Å²) in [6.45, 7) is 4.75. The molecule has 5 rings (SSSR count). The molecule has 4 aromatic heterocycles. The van der Waals surface area contributed by atoms with Crippen LogP contribution in [0.3, 0.4) is 0 Å². The van der Waals surface area contributed by atoms with Gasteiger partial charge in [-0.3, -0.25) is 4.90 Å². The molecular formula is C25H24BrN7O. The van der Waals surface area contributed by atoms with Crippen molar-refractivity contribution in [3.05, 3.63) is 70.7 Å². The normalized spacial score (nSPS) is 14.7. The number of hydrogen-bond acceptors (Lipinski definition) is 7. The highest BCUT2D eigenvalue weighted by molar-refractivity contribution is 9.10. The standard InChI is InChI=1S/C25H24BrN7O/c1-34-24-6-3-18(13-29-24)16-31-7-2-8-32(10-9-31)23-5-4-19(14-28-23)22-11-21(26)17-33-25(22)20(12-27)15-30-33/h3-6,11,13-15,17H,2,7-10,16H2,1H3. The predicted octanol–water partition coefficient (Wildman–Crippen LogP) is 4.15. The lowest BCUT2D eigenvalue weighted by atomic mass is 10.1. The molecule has 0 unspecified atom stereocenters. The number of nitriles is 1. The van der Waals surface area contributed by atoms with Gasteiger partial charge in [0.15, 0.2) is 0 Å². The monoisotopic (exact) mass is 517 g/mol. The van der Waals surface area contributed by atoms with Crippen molar-refractivity contribution in [1.29, 1.82) is 5.26 Å². The molecule has 1 aliphatic rings. The number of fused-ring (bicyclic) bond motifs is 1. The lowest BCUT2D eigenvalue weighted by Gasteiger charge is -2.23. The molecule has 34 heavy (non-hydrogen) atoms. The van der Waals surface area contributed by atoms with E-state index in [9.17, 15) is 5.26 Å². The molecule has 0 N–H and O–H groups in total. The van der Waals surface area contributed by atoms with E-state index in [1.54, 1.807) is 17.8 Å². The summed E-state index contributed by atoms with van der Waals surface area (Å²) in [5, 5.41) is 13.8. The van der Waals surface area contributed by atoms with Crippen molar-refractivity contribution in [3.63, 3.8) is 0 Å². The topological polar surface area (TPSA) is 82.6 Å². The third-order valence-electron chi connectivity index (χ3n) is 6.08. The first-order valence-electron chi connectivity index (χ1n) is 11.1. The number of aromatic nitrogens is 4. The minimum absolute atomic E-state index is 0.547. The zero-order valence-corrected chi connectivity index (χ0v) is 20.4. The number of halogens is 1. The predicted molar refractivity (Wildman–Crippen MR) is 134 cm³/mol. The van der Waals surface area contributed by atoms with Crippen LogP contribution >= 0.6 is 15.9 Å². The number of pyridine rings is 3. The Morgan fingerprint density at radius 2 is 1.97 bits per heavy atom. The summed E-state index contributed by atoms with van der Waals surface area (Å²) in [5.41, 5.74) is 4.41. The van der Waals surface area contributed by atoms with Gasteiger partial charge in [-0.1, -0.05) is 6.07 Å². The van der Waals surface area contributed by atoms with E-state index in [4.69, 9.17) is 9.72 Å². The summed E-state index contributed by atoms with van der Waals surface area (Å²) < 4.78 is 7.78. The van der Waals surface area contributed by atoms with Gasteiger partial charge in [0.2, 0.25) is 5.88 Å². The van der Waals surface area contributed by atoms with Crippen LogP contribution in [-0.4, -0.2) is 57.8 Å². The molecule has 0 bridgehead atoms. The van der Waals surface area contributed by atoms with Crippen molar-refractivity contribution in [1.82, 2.24) is 24.5 Å². The summed E-state index contributed by atoms with van der Waals surface area (Å²) in [5.74, 6) is 1.61. The number of ether oxygens (including phenoxy) is 1. The van der Waals surface area contributed by atoms with Crippen LogP contribution in [0.25, 0.3) is 16.6 Å². The molecule has 172 valence electrons. The Morgan fingerprint density at radius 1 is 1.06 bits per heavy atom. The molecule has 1 fully saturated rings. The van der Waals surface area contributed by atoms with E-state index in [0.717, 1.165) is 66.1 Å². The average Bonchev–Trinajstić information content (AvgIpc) is 3.14. The molecule has 0 aromatic carbocycles. The summed E-state index contributed by atoms with van der Waals surface area (Å²) in [4.78, 5) is 13.9. The first kappa shape index (κ1) is 22.3. The summed E-state index contributed by atoms with van der Waals surface area (Å²) in [6.07, 6.45) is 8.29. The summed E-state index contributed by atoms with van der Waals surface area (Å²) in [6, 6.07) is 12.4. The van der Waals surface area contributed by atoms with E-state index in [1.807, 2.05) is 30.7 Å². The van der Waals surface area contributed by atoms with Crippen molar-refractivity contribution < 1.29 is 4.74 Å². The first-order valence-corrected chi connectivity index (χ1v) is 11.9. The van der Waals surface area contributed by atoms with E-state index < -0.39 is 0 Å². The van der Waals surface area contributed by atoms with Gasteiger partial charge in [0, 0.05) is 73.0 Å². The molecule has 4 aromatic rings. The second-order valence-electron chi connectivity index (χ2n) is 8.27. The SMILES string of the molecule is COc1ccc(CN2CCCN(c3ccc(-c4cc(Br)cn5ncc(C#N)c45)cn3)CC2)cn1. The van der Waals surface area contributed by atoms with Crippen LogP contribution < -0.4 is 9.64 Å². The lowest BCUT2D eigenvalue weighted by Crippen LogP contribution is -2.30. The van der Waals surface area contributed by atoms with Gasteiger partial charge < -0.3 is 9.64 Å². The van der Waals surface area contributed by atoms with Gasteiger partial charge in [-0.05, 0) is 46.1 Å². The Balaban J connectivity index is 1.30. The number of hydrogen-bond donors (Lipinski definition) is 0. The molecule has 1 aliphatic heterocycles. The molecule has 1 saturated heterocycles. The van der Waals surface area contributed by atoms with Gasteiger partial charge in [0.1, 0.15) is 11.9 Å². The van der Waals surface area contributed by atoms with Crippen LogP contribution in [-0.2, 0) is 6.54 Å². The van der Waals surface area contributed by atoms with E-state index in [2.05, 4.69) is 60.1 Å². The molecule has 0 amide bonds. The van der Waals surface area contributed by atoms with Gasteiger partial charge in [-0.15, -0.1) is 0 Å². The number of anilines is 1. The number of rotatable bonds is 5. The highest BCUT2D eigenvalue weighted by Crippen LogP contribution is 2.30. The maximum atomic E-state index is 9.49. The molecule has 0 aliphatic carbocycles. The molecule has 8 nitrogen and oxygen atoms in total. The van der Waals surface area contributed by atoms with Crippen LogP contribution in [0.15, 0.2) is 59.6 Å². The van der Waals surface area contributed by atoms with E-state index in [1.165, 1.54) is 5.56 Å². The third-order valence-corrected chi connectivity index (χ3v) is 6.52. The van der Waals surface area contributed by atoms with Crippen LogP contribution in [0.4, 0.5) is 5.82 Å². The van der Waals surface area contributed by atoms with Gasteiger partial charge >= 0.3 is 0 Å². The van der Waals surface area contributed by atoms with Gasteiger partial charge in [-0.25, -0.2) is 14.5 Å². The molecule has 5 heterocycles. The van der Waals surface area contributed by atoms with Crippen molar-refractivity contribution in [3.8, 4) is 23.1 Å². The van der Waals surface area contributed by atoms with E-state index in [-0.39, 0.29) is 0 Å². The van der Waals surface area contributed by atoms with E-state index in [0.29, 0.717) is 11.4 Å². The van der Waals surface area contributed by atoms with Gasteiger partial charge in [0.05, 0.1) is 24.4 Å². The van der Waals surface area contributed by atoms with Crippen LogP contribution in [0.5, 0.6) is 5.88 Å². The first-order chi connectivity index (χ1) is 16.6. The molecule has 0 radical (unpaired) electrons. The number of nitrogens with zero attached hydrogens (tertiary/aromatic N) is 7. The molecule has 0 saturated carbocycles. The highest BCUT2D eigenvalue weighted by Gasteiger charge is 2.18. The fourth-order valence-corrected chi connectivity index (χ4v) is 4.79. The van der Waals surface area contributed by atoms with Crippen LogP contribution in [0.2, 0.25) is 0 Å². The van der Waals surface area contributed by atoms with Gasteiger partial charge in [-0.2, -0.15) is 10.4 Å². The van der Waals surface area contributed by atoms with E-state index >= 15 is 0 Å². The van der Waals surface area contributed by atoms with Crippen molar-refractivity contribution in [2.75, 3.05) is 38.2 Å². The molecular weight excluding hydrogens is 494 g/mol. The molecule has 0 spiro atoms. The molecule has 9 heteroatoms. The Labute approximate surface area is 206 Å². The van der Waals surface area contributed by atoms with Crippen LogP contribution in [0, 0.1) is 11.3 Å².